The Morgan fingerprint density at radius 3 is 2.22 bits per heavy atom. The summed E-state index contributed by atoms with van der Waals surface area (Å²) in [4.78, 5) is 0. The number of fused-ring (bicyclic) bond motifs is 4. The highest BCUT2D eigenvalue weighted by atomic mass is 15.0. The van der Waals surface area contributed by atoms with E-state index in [9.17, 15) is 0 Å². The molecule has 0 amide bonds. The second-order valence-corrected chi connectivity index (χ2v) is 13.6. The highest BCUT2D eigenvalue weighted by molar-refractivity contribution is 6.17. The van der Waals surface area contributed by atoms with E-state index in [0.29, 0.717) is 5.70 Å². The summed E-state index contributed by atoms with van der Waals surface area (Å²) in [5.41, 5.74) is 24.9. The number of nitrogens with zero attached hydrogens (tertiary/aromatic N) is 1. The van der Waals surface area contributed by atoms with Crippen LogP contribution in [0.5, 0.6) is 0 Å². The smallest absolute Gasteiger partial charge is 0.0547 e. The Morgan fingerprint density at radius 2 is 1.56 bits per heavy atom. The van der Waals surface area contributed by atoms with Gasteiger partial charge in [-0.15, -0.1) is 0 Å². The molecule has 6 rings (SSSR count). The van der Waals surface area contributed by atoms with Crippen molar-refractivity contribution in [2.45, 2.75) is 60.4 Å². The van der Waals surface area contributed by atoms with Crippen molar-refractivity contribution in [3.63, 3.8) is 0 Å². The second kappa shape index (κ2) is 19.3. The number of hydrogen-bond donors (Lipinski definition) is 3. The van der Waals surface area contributed by atoms with E-state index in [0.717, 1.165) is 29.7 Å². The zero-order valence-electron chi connectivity index (χ0n) is 33.3. The second-order valence-electron chi connectivity index (χ2n) is 13.6. The molecule has 1 atom stereocenters. The Labute approximate surface area is 328 Å². The number of nitrogens with one attached hydrogen (secondary N) is 1. The van der Waals surface area contributed by atoms with Crippen molar-refractivity contribution < 1.29 is 0 Å². The Morgan fingerprint density at radius 1 is 0.836 bits per heavy atom. The molecule has 0 aliphatic rings. The van der Waals surface area contributed by atoms with Gasteiger partial charge < -0.3 is 21.4 Å². The zero-order valence-corrected chi connectivity index (χ0v) is 33.3. The number of hydrogen-bond acceptors (Lipinski definition) is 3. The summed E-state index contributed by atoms with van der Waals surface area (Å²) in [6.07, 6.45) is 22.6. The standard InChI is InChI=1S/C36H40N2.C15H16N2/c1-8-13-14-15-22-37-32-20-21-34-36(26(32)7)31-24-30-28(19-18-27(16-9-2)29(30)17-10-3)23-35(31)38(34)33(12-5)25(6)11-4;16-14(12-7-3-1-4-8-12)11-15(17)13-9-5-2-6-10-13/h8,10-15,17-24,37H,1,9,16H2,2-7H3;1-11,14H,16-17H2/b14-13-,17-10-,22-15-,25-11-,33-12+;15-11-. The van der Waals surface area contributed by atoms with Crippen LogP contribution in [0.4, 0.5) is 5.69 Å². The van der Waals surface area contributed by atoms with Crippen LogP contribution < -0.4 is 16.8 Å². The van der Waals surface area contributed by atoms with Crippen molar-refractivity contribution in [1.29, 1.82) is 0 Å². The first-order valence-corrected chi connectivity index (χ1v) is 19.3. The van der Waals surface area contributed by atoms with Crippen LogP contribution in [0.25, 0.3) is 50.0 Å². The Balaban J connectivity index is 0.000000284. The van der Waals surface area contributed by atoms with Gasteiger partial charge in [0, 0.05) is 34.1 Å². The lowest BCUT2D eigenvalue weighted by molar-refractivity contribution is 0.911. The third-order valence-electron chi connectivity index (χ3n) is 10.0. The molecule has 280 valence electrons. The average Bonchev–Trinajstić information content (AvgIpc) is 3.53. The van der Waals surface area contributed by atoms with Gasteiger partial charge in [0.25, 0.3) is 0 Å². The van der Waals surface area contributed by atoms with E-state index in [1.54, 1.807) is 6.08 Å². The molecule has 1 heterocycles. The Hall–Kier alpha value is -6.10. The summed E-state index contributed by atoms with van der Waals surface area (Å²) in [6, 6.07) is 33.5. The summed E-state index contributed by atoms with van der Waals surface area (Å²) in [7, 11) is 0. The molecule has 5 N–H and O–H groups in total. The third kappa shape index (κ3) is 9.17. The predicted molar refractivity (Wildman–Crippen MR) is 244 cm³/mol. The van der Waals surface area contributed by atoms with Gasteiger partial charge in [-0.2, -0.15) is 0 Å². The van der Waals surface area contributed by atoms with Crippen molar-refractivity contribution in [2.75, 3.05) is 5.32 Å². The highest BCUT2D eigenvalue weighted by Crippen LogP contribution is 2.41. The molecule has 4 heteroatoms. The van der Waals surface area contributed by atoms with Gasteiger partial charge in [-0.25, -0.2) is 0 Å². The summed E-state index contributed by atoms with van der Waals surface area (Å²) >= 11 is 0. The lowest BCUT2D eigenvalue weighted by Gasteiger charge is -2.15. The number of benzene rings is 5. The average molecular weight is 725 g/mol. The lowest BCUT2D eigenvalue weighted by atomic mass is 9.94. The van der Waals surface area contributed by atoms with E-state index in [4.69, 9.17) is 11.5 Å². The molecule has 1 aromatic heterocycles. The van der Waals surface area contributed by atoms with Gasteiger partial charge in [-0.05, 0) is 122 Å². The first-order valence-electron chi connectivity index (χ1n) is 19.3. The molecule has 0 saturated carbocycles. The molecule has 0 saturated heterocycles. The normalized spacial score (nSPS) is 13.3. The van der Waals surface area contributed by atoms with Gasteiger partial charge in [-0.1, -0.05) is 135 Å². The minimum atomic E-state index is -0.170. The van der Waals surface area contributed by atoms with Crippen molar-refractivity contribution in [1.82, 2.24) is 4.57 Å². The SMILES string of the molecule is C=C/C=C\C=C/Nc1ccc2c(c1C)c1cc3c(/C=C\C)c(CCC)ccc3cc1n2C(=C/C)/C(C)=C\C.N/C(=C\C(N)c1ccccc1)c1ccccc1. The van der Waals surface area contributed by atoms with Gasteiger partial charge >= 0.3 is 0 Å². The van der Waals surface area contributed by atoms with Crippen LogP contribution in [0.3, 0.4) is 0 Å². The van der Waals surface area contributed by atoms with Crippen LogP contribution in [0.2, 0.25) is 0 Å². The molecule has 0 radical (unpaired) electrons. The molecule has 6 aromatic rings. The summed E-state index contributed by atoms with van der Waals surface area (Å²) < 4.78 is 2.44. The first kappa shape index (κ1) is 40.1. The Kier molecular flexibility index (Phi) is 14.1. The minimum Gasteiger partial charge on any atom is -0.398 e. The molecule has 0 aliphatic carbocycles. The highest BCUT2D eigenvalue weighted by Gasteiger charge is 2.19. The number of nitrogens with two attached hydrogens (primary N) is 2. The molecule has 4 nitrogen and oxygen atoms in total. The van der Waals surface area contributed by atoms with Crippen molar-refractivity contribution in [3.05, 3.63) is 192 Å². The molecule has 0 bridgehead atoms. The number of allylic oxidation sites excluding steroid dienone is 9. The molecule has 55 heavy (non-hydrogen) atoms. The van der Waals surface area contributed by atoms with Gasteiger partial charge in [0.2, 0.25) is 0 Å². The number of aryl methyl sites for hydroxylation is 2. The van der Waals surface area contributed by atoms with Gasteiger partial charge in [0.1, 0.15) is 0 Å². The van der Waals surface area contributed by atoms with E-state index < -0.39 is 0 Å². The number of aromatic nitrogens is 1. The van der Waals surface area contributed by atoms with Crippen molar-refractivity contribution >= 4 is 55.7 Å². The maximum absolute atomic E-state index is 6.08. The van der Waals surface area contributed by atoms with E-state index in [1.807, 2.05) is 91.2 Å². The lowest BCUT2D eigenvalue weighted by Crippen LogP contribution is -2.09. The van der Waals surface area contributed by atoms with Crippen LogP contribution in [-0.4, -0.2) is 4.57 Å². The van der Waals surface area contributed by atoms with Crippen molar-refractivity contribution in [3.8, 4) is 0 Å². The monoisotopic (exact) mass is 724 g/mol. The number of rotatable bonds is 12. The van der Waals surface area contributed by atoms with E-state index in [1.165, 1.54) is 60.5 Å². The quantitative estimate of drug-likeness (QED) is 0.110. The maximum Gasteiger partial charge on any atom is 0.0547 e. The topological polar surface area (TPSA) is 69.0 Å². The molecule has 5 aromatic carbocycles. The molecule has 0 aliphatic heterocycles. The molecular weight excluding hydrogens is 669 g/mol. The minimum absolute atomic E-state index is 0.170. The fourth-order valence-electron chi connectivity index (χ4n) is 7.14. The van der Waals surface area contributed by atoms with Gasteiger partial charge in [0.15, 0.2) is 0 Å². The predicted octanol–water partition coefficient (Wildman–Crippen LogP) is 13.4. The largest absolute Gasteiger partial charge is 0.398 e. The number of anilines is 1. The maximum atomic E-state index is 6.08. The van der Waals surface area contributed by atoms with Gasteiger partial charge in [0.05, 0.1) is 17.1 Å². The fourth-order valence-corrected chi connectivity index (χ4v) is 7.14. The Bertz CT molecular complexity index is 2430. The van der Waals surface area contributed by atoms with Crippen LogP contribution in [0.1, 0.15) is 74.9 Å². The van der Waals surface area contributed by atoms with Crippen LogP contribution in [-0.2, 0) is 6.42 Å². The summed E-state index contributed by atoms with van der Waals surface area (Å²) in [5.74, 6) is 0. The van der Waals surface area contributed by atoms with Gasteiger partial charge in [-0.3, -0.25) is 0 Å². The van der Waals surface area contributed by atoms with Crippen LogP contribution in [0, 0.1) is 6.92 Å². The zero-order chi connectivity index (χ0) is 39.3. The molecule has 0 fully saturated rings. The molecule has 1 unspecified atom stereocenters. The van der Waals surface area contributed by atoms with E-state index in [-0.39, 0.29) is 6.04 Å². The third-order valence-corrected chi connectivity index (χ3v) is 10.0. The summed E-state index contributed by atoms with van der Waals surface area (Å²) in [6.45, 7) is 16.8. The van der Waals surface area contributed by atoms with Crippen LogP contribution in [0.15, 0.2) is 164 Å². The first-order chi connectivity index (χ1) is 26.8. The summed E-state index contributed by atoms with van der Waals surface area (Å²) in [5, 5.41) is 8.66. The van der Waals surface area contributed by atoms with E-state index in [2.05, 4.69) is 119 Å². The fraction of sp³-hybridized carbons (Fsp3) is 0.176. The van der Waals surface area contributed by atoms with E-state index >= 15 is 0 Å². The van der Waals surface area contributed by atoms with Crippen LogP contribution >= 0.6 is 0 Å². The molecule has 0 spiro atoms. The molecular formula is C51H56N4. The van der Waals surface area contributed by atoms with Crippen molar-refractivity contribution in [2.24, 2.45) is 11.5 Å².